The number of unbranched alkanes of at least 4 members (excludes halogenated alkanes) is 8. The van der Waals surface area contributed by atoms with Crippen molar-refractivity contribution in [2.24, 2.45) is 0 Å². The number of aliphatic carboxylic acids is 2. The minimum Gasteiger partial charge on any atom is -0.481 e. The lowest BCUT2D eigenvalue weighted by molar-refractivity contribution is -0.145. The number of carboxylic acid groups (broad SMARTS) is 2. The Balaban J connectivity index is 4.43. The first-order chi connectivity index (χ1) is 12.0. The van der Waals surface area contributed by atoms with E-state index in [1.165, 1.54) is 50.5 Å². The van der Waals surface area contributed by atoms with Gasteiger partial charge in [0.15, 0.2) is 0 Å². The lowest BCUT2D eigenvalue weighted by Gasteiger charge is -2.15. The van der Waals surface area contributed by atoms with Gasteiger partial charge in [0, 0.05) is 6.54 Å². The van der Waals surface area contributed by atoms with Gasteiger partial charge in [0.25, 0.3) is 0 Å². The topological polar surface area (TPSA) is 86.6 Å². The maximum absolute atomic E-state index is 11.2. The first-order valence-electron chi connectivity index (χ1n) is 9.87. The van der Waals surface area contributed by atoms with Crippen molar-refractivity contribution in [2.75, 3.05) is 6.54 Å². The normalized spacial score (nSPS) is 13.0. The number of carboxylic acids is 2. The molecule has 0 saturated carbocycles. The third kappa shape index (κ3) is 14.7. The zero-order valence-corrected chi connectivity index (χ0v) is 16.1. The fourth-order valence-corrected chi connectivity index (χ4v) is 2.77. The van der Waals surface area contributed by atoms with Gasteiger partial charge in [-0.15, -0.1) is 0 Å². The number of rotatable bonds is 17. The van der Waals surface area contributed by atoms with Crippen LogP contribution in [0.3, 0.4) is 0 Å². The summed E-state index contributed by atoms with van der Waals surface area (Å²) in [4.78, 5) is 21.9. The minimum absolute atomic E-state index is 0.393. The Morgan fingerprint density at radius 1 is 0.920 bits per heavy atom. The van der Waals surface area contributed by atoms with Gasteiger partial charge in [0.2, 0.25) is 0 Å². The summed E-state index contributed by atoms with van der Waals surface area (Å²) in [6.45, 7) is 4.85. The Morgan fingerprint density at radius 2 is 1.52 bits per heavy atom. The van der Waals surface area contributed by atoms with Crippen LogP contribution in [0.5, 0.6) is 0 Å². The molecular weight excluding hydrogens is 318 g/mol. The minimum atomic E-state index is -1.10. The highest BCUT2D eigenvalue weighted by Gasteiger charge is 2.20. The van der Waals surface area contributed by atoms with E-state index < -0.39 is 24.4 Å². The van der Waals surface area contributed by atoms with Crippen LogP contribution < -0.4 is 5.32 Å². The second-order valence-corrected chi connectivity index (χ2v) is 6.75. The van der Waals surface area contributed by atoms with Crippen LogP contribution in [0.15, 0.2) is 11.6 Å². The Hall–Kier alpha value is -1.36. The smallest absolute Gasteiger partial charge is 0.321 e. The van der Waals surface area contributed by atoms with E-state index in [4.69, 9.17) is 10.2 Å². The van der Waals surface area contributed by atoms with Crippen LogP contribution in [0, 0.1) is 0 Å². The molecular formula is C20H37NO4. The molecule has 3 N–H and O–H groups in total. The number of nitrogens with one attached hydrogen (secondary N) is 1. The molecule has 0 aromatic rings. The van der Waals surface area contributed by atoms with E-state index in [0.717, 1.165) is 25.7 Å². The molecule has 0 fully saturated rings. The largest absolute Gasteiger partial charge is 0.481 e. The van der Waals surface area contributed by atoms with Crippen LogP contribution in [0.25, 0.3) is 0 Å². The fraction of sp³-hybridized carbons (Fsp3) is 0.800. The molecule has 146 valence electrons. The molecule has 0 amide bonds. The van der Waals surface area contributed by atoms with Crippen LogP contribution in [0.2, 0.25) is 0 Å². The van der Waals surface area contributed by atoms with Crippen LogP contribution in [-0.4, -0.2) is 34.7 Å². The van der Waals surface area contributed by atoms with E-state index in [0.29, 0.717) is 6.54 Å². The maximum Gasteiger partial charge on any atom is 0.321 e. The van der Waals surface area contributed by atoms with Crippen molar-refractivity contribution in [3.8, 4) is 0 Å². The number of hydrogen-bond acceptors (Lipinski definition) is 3. The van der Waals surface area contributed by atoms with Gasteiger partial charge in [0.05, 0.1) is 6.42 Å². The van der Waals surface area contributed by atoms with E-state index in [1.807, 2.05) is 0 Å². The van der Waals surface area contributed by atoms with Crippen LogP contribution in [0.4, 0.5) is 0 Å². The Kier molecular flexibility index (Phi) is 15.2. The second-order valence-electron chi connectivity index (χ2n) is 6.75. The molecule has 0 aliphatic carbocycles. The number of allylic oxidation sites excluding steroid dienone is 1. The first-order valence-corrected chi connectivity index (χ1v) is 9.87. The van der Waals surface area contributed by atoms with Crippen LogP contribution >= 0.6 is 0 Å². The molecule has 0 radical (unpaired) electrons. The summed E-state index contributed by atoms with van der Waals surface area (Å²) in [6, 6.07) is -1.03. The lowest BCUT2D eigenvalue weighted by atomic mass is 10.0. The Bertz CT molecular complexity index is 393. The highest BCUT2D eigenvalue weighted by molar-refractivity contribution is 5.80. The van der Waals surface area contributed by atoms with E-state index in [9.17, 15) is 9.59 Å². The van der Waals surface area contributed by atoms with E-state index >= 15 is 0 Å². The van der Waals surface area contributed by atoms with Crippen LogP contribution in [-0.2, 0) is 9.59 Å². The third-order valence-electron chi connectivity index (χ3n) is 4.34. The van der Waals surface area contributed by atoms with Gasteiger partial charge in [-0.2, -0.15) is 0 Å². The monoisotopic (exact) mass is 355 g/mol. The Labute approximate surface area is 152 Å². The molecule has 0 aliphatic rings. The van der Waals surface area contributed by atoms with Crippen molar-refractivity contribution >= 4 is 11.9 Å². The Morgan fingerprint density at radius 3 is 2.08 bits per heavy atom. The molecule has 0 heterocycles. The summed E-state index contributed by atoms with van der Waals surface area (Å²) in [7, 11) is 0. The molecule has 25 heavy (non-hydrogen) atoms. The molecule has 1 unspecified atom stereocenters. The van der Waals surface area contributed by atoms with E-state index in [1.54, 1.807) is 0 Å². The molecule has 0 rings (SSSR count). The molecule has 0 aliphatic heterocycles. The average molecular weight is 356 g/mol. The van der Waals surface area contributed by atoms with Gasteiger partial charge in [-0.25, -0.2) is 0 Å². The SMILES string of the molecule is CCCCCCC/C=C(\CCCCCC)CNC(CC(=O)O)C(=O)O. The quantitative estimate of drug-likeness (QED) is 0.259. The van der Waals surface area contributed by atoms with E-state index in [2.05, 4.69) is 25.2 Å². The molecule has 1 atom stereocenters. The first kappa shape index (κ1) is 23.6. The van der Waals surface area contributed by atoms with Gasteiger partial charge in [0.1, 0.15) is 6.04 Å². The van der Waals surface area contributed by atoms with Crippen molar-refractivity contribution in [1.29, 1.82) is 0 Å². The predicted molar refractivity (Wildman–Crippen MR) is 102 cm³/mol. The average Bonchev–Trinajstić information content (AvgIpc) is 2.56. The van der Waals surface area contributed by atoms with Crippen molar-refractivity contribution in [3.63, 3.8) is 0 Å². The highest BCUT2D eigenvalue weighted by atomic mass is 16.4. The summed E-state index contributed by atoms with van der Waals surface area (Å²) in [5.74, 6) is -2.20. The zero-order chi connectivity index (χ0) is 18.9. The van der Waals surface area contributed by atoms with Crippen molar-refractivity contribution in [1.82, 2.24) is 5.32 Å². The fourth-order valence-electron chi connectivity index (χ4n) is 2.77. The molecule has 0 aromatic heterocycles. The summed E-state index contributed by atoms with van der Waals surface area (Å²) >= 11 is 0. The summed E-state index contributed by atoms with van der Waals surface area (Å²) < 4.78 is 0. The van der Waals surface area contributed by atoms with Crippen molar-refractivity contribution < 1.29 is 19.8 Å². The zero-order valence-electron chi connectivity index (χ0n) is 16.1. The maximum atomic E-state index is 11.2. The van der Waals surface area contributed by atoms with Gasteiger partial charge >= 0.3 is 11.9 Å². The predicted octanol–water partition coefficient (Wildman–Crippen LogP) is 4.76. The number of hydrogen-bond donors (Lipinski definition) is 3. The lowest BCUT2D eigenvalue weighted by Crippen LogP contribution is -2.39. The molecule has 5 nitrogen and oxygen atoms in total. The molecule has 0 spiro atoms. The molecule has 5 heteroatoms. The van der Waals surface area contributed by atoms with Gasteiger partial charge in [-0.1, -0.05) is 70.4 Å². The van der Waals surface area contributed by atoms with Crippen molar-refractivity contribution in [2.45, 2.75) is 96.9 Å². The standard InChI is InChI=1S/C20H37NO4/c1-3-5-7-9-10-12-14-17(13-11-8-6-4-2)16-21-18(20(24)25)15-19(22)23/h14,18,21H,3-13,15-16H2,1-2H3,(H,22,23)(H,24,25)/b17-14+. The second kappa shape index (κ2) is 16.1. The highest BCUT2D eigenvalue weighted by Crippen LogP contribution is 2.13. The number of carbonyl (C=O) groups is 2. The van der Waals surface area contributed by atoms with Gasteiger partial charge in [-0.05, 0) is 25.7 Å². The van der Waals surface area contributed by atoms with Crippen LogP contribution in [0.1, 0.15) is 90.9 Å². The molecule has 0 bridgehead atoms. The molecule has 0 aromatic carbocycles. The molecule has 0 saturated heterocycles. The summed E-state index contributed by atoms with van der Waals surface area (Å²) in [5.41, 5.74) is 1.21. The summed E-state index contributed by atoms with van der Waals surface area (Å²) in [5, 5.41) is 20.9. The van der Waals surface area contributed by atoms with Gasteiger partial charge < -0.3 is 15.5 Å². The summed E-state index contributed by atoms with van der Waals surface area (Å²) in [6.07, 6.45) is 14.7. The van der Waals surface area contributed by atoms with Gasteiger partial charge in [-0.3, -0.25) is 9.59 Å². The third-order valence-corrected chi connectivity index (χ3v) is 4.34. The van der Waals surface area contributed by atoms with Crippen molar-refractivity contribution in [3.05, 3.63) is 11.6 Å². The van der Waals surface area contributed by atoms with E-state index in [-0.39, 0.29) is 0 Å².